The Balaban J connectivity index is 2.61. The molecule has 7 heteroatoms. The standard InChI is InChI=1S/C15H22ClFN2O2S/c1-10(8-22(4)21)19-14(20)18-9-15(2,3)12-6-5-11(17)7-13(12)16/h5-7,10H,8-9H2,1-4H3,(H2,18,19,20)/t10-,22-/m1/s1. The van der Waals surface area contributed by atoms with Gasteiger partial charge in [0.05, 0.1) is 0 Å². The first kappa shape index (κ1) is 18.9. The molecule has 0 heterocycles. The molecule has 2 N–H and O–H groups in total. The molecule has 0 aliphatic carbocycles. The van der Waals surface area contributed by atoms with Crippen LogP contribution in [-0.4, -0.2) is 34.8 Å². The van der Waals surface area contributed by atoms with Crippen molar-refractivity contribution in [2.45, 2.75) is 32.2 Å². The van der Waals surface area contributed by atoms with Crippen molar-refractivity contribution in [3.8, 4) is 0 Å². The number of benzene rings is 1. The Morgan fingerprint density at radius 2 is 2.09 bits per heavy atom. The summed E-state index contributed by atoms with van der Waals surface area (Å²) < 4.78 is 24.2. The summed E-state index contributed by atoms with van der Waals surface area (Å²) >= 11 is 6.07. The summed E-state index contributed by atoms with van der Waals surface area (Å²) in [4.78, 5) is 11.8. The van der Waals surface area contributed by atoms with E-state index in [1.54, 1.807) is 19.2 Å². The molecule has 22 heavy (non-hydrogen) atoms. The number of carbonyl (C=O) groups is 1. The van der Waals surface area contributed by atoms with E-state index < -0.39 is 22.0 Å². The first-order valence-corrected chi connectivity index (χ1v) is 9.02. The van der Waals surface area contributed by atoms with E-state index in [0.717, 1.165) is 5.56 Å². The van der Waals surface area contributed by atoms with E-state index in [0.29, 0.717) is 17.3 Å². The molecule has 1 rings (SSSR count). The van der Waals surface area contributed by atoms with E-state index in [9.17, 15) is 13.4 Å². The van der Waals surface area contributed by atoms with Crippen LogP contribution < -0.4 is 10.6 Å². The molecule has 4 nitrogen and oxygen atoms in total. The van der Waals surface area contributed by atoms with Gasteiger partial charge in [-0.25, -0.2) is 9.18 Å². The minimum Gasteiger partial charge on any atom is -0.337 e. The summed E-state index contributed by atoms with van der Waals surface area (Å²) in [6.45, 7) is 5.96. The average molecular weight is 349 g/mol. The van der Waals surface area contributed by atoms with Gasteiger partial charge in [0.1, 0.15) is 5.82 Å². The predicted octanol–water partition coefficient (Wildman–Crippen LogP) is 2.82. The zero-order chi connectivity index (χ0) is 16.9. The minimum atomic E-state index is -0.964. The maximum absolute atomic E-state index is 13.1. The molecule has 0 fully saturated rings. The van der Waals surface area contributed by atoms with Crippen LogP contribution in [0.1, 0.15) is 26.3 Å². The number of rotatable bonds is 6. The lowest BCUT2D eigenvalue weighted by Gasteiger charge is -2.27. The number of nitrogens with one attached hydrogen (secondary N) is 2. The van der Waals surface area contributed by atoms with Gasteiger partial charge in [0.2, 0.25) is 0 Å². The van der Waals surface area contributed by atoms with Crippen LogP contribution in [0.15, 0.2) is 18.2 Å². The molecule has 124 valence electrons. The van der Waals surface area contributed by atoms with Gasteiger partial charge in [0.15, 0.2) is 0 Å². The number of hydrogen-bond donors (Lipinski definition) is 2. The first-order chi connectivity index (χ1) is 10.1. The molecule has 2 amide bonds. The fourth-order valence-electron chi connectivity index (χ4n) is 2.10. The van der Waals surface area contributed by atoms with Gasteiger partial charge in [-0.05, 0) is 24.6 Å². The summed E-state index contributed by atoms with van der Waals surface area (Å²) in [7, 11) is -0.964. The van der Waals surface area contributed by atoms with Crippen molar-refractivity contribution in [2.24, 2.45) is 0 Å². The summed E-state index contributed by atoms with van der Waals surface area (Å²) in [6.07, 6.45) is 1.59. The normalized spacial score (nSPS) is 14.3. The highest BCUT2D eigenvalue weighted by Gasteiger charge is 2.24. The molecule has 0 radical (unpaired) electrons. The van der Waals surface area contributed by atoms with E-state index in [-0.39, 0.29) is 12.1 Å². The Hall–Kier alpha value is -1.14. The molecule has 0 aromatic heterocycles. The van der Waals surface area contributed by atoms with Crippen LogP contribution in [0.2, 0.25) is 5.02 Å². The highest BCUT2D eigenvalue weighted by atomic mass is 35.5. The molecule has 1 aromatic rings. The molecule has 0 spiro atoms. The van der Waals surface area contributed by atoms with Crippen LogP contribution >= 0.6 is 11.6 Å². The zero-order valence-corrected chi connectivity index (χ0v) is 14.8. The van der Waals surface area contributed by atoms with Crippen LogP contribution in [0.4, 0.5) is 9.18 Å². The fourth-order valence-corrected chi connectivity index (χ4v) is 3.31. The highest BCUT2D eigenvalue weighted by molar-refractivity contribution is 7.84. The van der Waals surface area contributed by atoms with Crippen molar-refractivity contribution in [3.05, 3.63) is 34.6 Å². The number of carbonyl (C=O) groups excluding carboxylic acids is 1. The molecule has 1 aromatic carbocycles. The third-order valence-electron chi connectivity index (χ3n) is 3.21. The molecule has 2 atom stereocenters. The first-order valence-electron chi connectivity index (χ1n) is 6.92. The van der Waals surface area contributed by atoms with E-state index in [1.165, 1.54) is 12.1 Å². The Kier molecular flexibility index (Phi) is 6.81. The van der Waals surface area contributed by atoms with Crippen LogP contribution in [-0.2, 0) is 16.2 Å². The largest absolute Gasteiger partial charge is 0.337 e. The van der Waals surface area contributed by atoms with E-state index in [4.69, 9.17) is 11.6 Å². The maximum Gasteiger partial charge on any atom is 0.315 e. The maximum atomic E-state index is 13.1. The van der Waals surface area contributed by atoms with Crippen molar-refractivity contribution in [3.63, 3.8) is 0 Å². The lowest BCUT2D eigenvalue weighted by atomic mass is 9.84. The smallest absolute Gasteiger partial charge is 0.315 e. The van der Waals surface area contributed by atoms with Crippen LogP contribution in [0.3, 0.4) is 0 Å². The lowest BCUT2D eigenvalue weighted by Crippen LogP contribution is -2.46. The molecule has 0 unspecified atom stereocenters. The Labute approximate surface area is 138 Å². The topological polar surface area (TPSA) is 58.2 Å². The molecular weight excluding hydrogens is 327 g/mol. The van der Waals surface area contributed by atoms with E-state index in [1.807, 2.05) is 13.8 Å². The van der Waals surface area contributed by atoms with Crippen molar-refractivity contribution in [1.29, 1.82) is 0 Å². The van der Waals surface area contributed by atoms with Crippen molar-refractivity contribution < 1.29 is 13.4 Å². The van der Waals surface area contributed by atoms with Gasteiger partial charge < -0.3 is 10.6 Å². The van der Waals surface area contributed by atoms with E-state index in [2.05, 4.69) is 10.6 Å². The minimum absolute atomic E-state index is 0.177. The monoisotopic (exact) mass is 348 g/mol. The zero-order valence-electron chi connectivity index (χ0n) is 13.2. The van der Waals surface area contributed by atoms with Gasteiger partial charge in [-0.3, -0.25) is 4.21 Å². The third kappa shape index (κ3) is 5.93. The Morgan fingerprint density at radius 3 is 2.64 bits per heavy atom. The number of amides is 2. The van der Waals surface area contributed by atoms with Gasteiger partial charge >= 0.3 is 6.03 Å². The third-order valence-corrected chi connectivity index (χ3v) is 4.50. The molecule has 0 saturated heterocycles. The summed E-state index contributed by atoms with van der Waals surface area (Å²) in [5.74, 6) is 0.0114. The highest BCUT2D eigenvalue weighted by Crippen LogP contribution is 2.29. The second-order valence-corrected chi connectivity index (χ2v) is 7.86. The molecule has 0 bridgehead atoms. The molecule has 0 aliphatic rings. The van der Waals surface area contributed by atoms with Gasteiger partial charge in [-0.1, -0.05) is 31.5 Å². The summed E-state index contributed by atoms with van der Waals surface area (Å²) in [6, 6.07) is 3.73. The van der Waals surface area contributed by atoms with Gasteiger partial charge in [-0.15, -0.1) is 0 Å². The van der Waals surface area contributed by atoms with Crippen molar-refractivity contribution in [1.82, 2.24) is 10.6 Å². The quantitative estimate of drug-likeness (QED) is 0.830. The predicted molar refractivity (Wildman–Crippen MR) is 89.4 cm³/mol. The van der Waals surface area contributed by atoms with Crippen molar-refractivity contribution in [2.75, 3.05) is 18.6 Å². The Bertz CT molecular complexity index is 566. The van der Waals surface area contributed by atoms with Gasteiger partial charge in [-0.2, -0.15) is 0 Å². The number of halogens is 2. The summed E-state index contributed by atoms with van der Waals surface area (Å²) in [5.41, 5.74) is 0.317. The molecule has 0 saturated carbocycles. The van der Waals surface area contributed by atoms with Gasteiger partial charge in [0, 0.05) is 45.8 Å². The second kappa shape index (κ2) is 7.92. The van der Waals surface area contributed by atoms with Crippen LogP contribution in [0.25, 0.3) is 0 Å². The summed E-state index contributed by atoms with van der Waals surface area (Å²) in [5, 5.41) is 5.82. The van der Waals surface area contributed by atoms with Crippen LogP contribution in [0, 0.1) is 5.82 Å². The Morgan fingerprint density at radius 1 is 1.45 bits per heavy atom. The second-order valence-electron chi connectivity index (χ2n) is 5.98. The average Bonchev–Trinajstić information content (AvgIpc) is 2.34. The lowest BCUT2D eigenvalue weighted by molar-refractivity contribution is 0.236. The van der Waals surface area contributed by atoms with Gasteiger partial charge in [0.25, 0.3) is 0 Å². The van der Waals surface area contributed by atoms with Crippen molar-refractivity contribution >= 4 is 28.4 Å². The number of urea groups is 1. The molecular formula is C15H22ClFN2O2S. The number of hydrogen-bond acceptors (Lipinski definition) is 2. The molecule has 0 aliphatic heterocycles. The SMILES string of the molecule is C[C@H](C[S@@](C)=O)NC(=O)NCC(C)(C)c1ccc(F)cc1Cl. The van der Waals surface area contributed by atoms with Crippen LogP contribution in [0.5, 0.6) is 0 Å². The fraction of sp³-hybridized carbons (Fsp3) is 0.533. The van der Waals surface area contributed by atoms with E-state index >= 15 is 0 Å².